The summed E-state index contributed by atoms with van der Waals surface area (Å²) >= 11 is 0. The Hall–Kier alpha value is -3.12. The summed E-state index contributed by atoms with van der Waals surface area (Å²) < 4.78 is 26.3. The maximum absolute atomic E-state index is 13.0. The Morgan fingerprint density at radius 3 is 2.34 bits per heavy atom. The fourth-order valence-corrected chi connectivity index (χ4v) is 5.62. The van der Waals surface area contributed by atoms with Crippen molar-refractivity contribution in [3.63, 3.8) is 0 Å². The Balaban J connectivity index is 1.47. The molecule has 184 valence electrons. The molecule has 0 bridgehead atoms. The van der Waals surface area contributed by atoms with Gasteiger partial charge in [0.15, 0.2) is 0 Å². The van der Waals surface area contributed by atoms with Gasteiger partial charge in [0.25, 0.3) is 5.91 Å². The van der Waals surface area contributed by atoms with Gasteiger partial charge in [-0.25, -0.2) is 8.42 Å². The highest BCUT2D eigenvalue weighted by molar-refractivity contribution is 7.92. The van der Waals surface area contributed by atoms with E-state index in [1.165, 1.54) is 34.5 Å². The van der Waals surface area contributed by atoms with Crippen LogP contribution in [0.25, 0.3) is 0 Å². The van der Waals surface area contributed by atoms with E-state index in [4.69, 9.17) is 0 Å². The van der Waals surface area contributed by atoms with Crippen molar-refractivity contribution in [2.24, 2.45) is 0 Å². The van der Waals surface area contributed by atoms with Gasteiger partial charge in [-0.05, 0) is 91.1 Å². The number of carbonyl (C=O) groups is 1. The molecule has 0 fully saturated rings. The summed E-state index contributed by atoms with van der Waals surface area (Å²) in [5, 5.41) is 3.18. The molecule has 6 heteroatoms. The Bertz CT molecular complexity index is 1300. The Morgan fingerprint density at radius 2 is 1.69 bits per heavy atom. The van der Waals surface area contributed by atoms with E-state index in [1.54, 1.807) is 18.2 Å². The number of rotatable bonds is 8. The standard InChI is InChI=1S/C29H34N2O3S/c1-4-28(26-17-16-23-9-5-6-10-25(23)19-26)30-29(32)24-14-12-22(13-15-24)20-31(35(3,33)34)27-11-7-8-21(2)18-27/h7-8,11-19,28H,4-6,9-10,20H2,1-3H3,(H,30,32)/t28-/m0/s1. The molecule has 3 aromatic rings. The number of hydrogen-bond donors (Lipinski definition) is 1. The second kappa shape index (κ2) is 10.6. The first-order chi connectivity index (χ1) is 16.7. The van der Waals surface area contributed by atoms with Crippen LogP contribution in [0.15, 0.2) is 66.7 Å². The van der Waals surface area contributed by atoms with Gasteiger partial charge >= 0.3 is 0 Å². The van der Waals surface area contributed by atoms with Gasteiger partial charge < -0.3 is 5.32 Å². The molecule has 0 aromatic heterocycles. The Labute approximate surface area is 209 Å². The number of aryl methyl sites for hydroxylation is 3. The third kappa shape index (κ3) is 6.12. The minimum Gasteiger partial charge on any atom is -0.345 e. The van der Waals surface area contributed by atoms with E-state index in [2.05, 4.69) is 30.4 Å². The highest BCUT2D eigenvalue weighted by Gasteiger charge is 2.20. The molecule has 0 saturated heterocycles. The molecule has 1 aliphatic rings. The van der Waals surface area contributed by atoms with Crippen molar-refractivity contribution < 1.29 is 13.2 Å². The van der Waals surface area contributed by atoms with Crippen molar-refractivity contribution in [2.45, 2.75) is 58.5 Å². The van der Waals surface area contributed by atoms with Gasteiger partial charge in [-0.1, -0.05) is 49.4 Å². The van der Waals surface area contributed by atoms with Crippen LogP contribution >= 0.6 is 0 Å². The number of hydrogen-bond acceptors (Lipinski definition) is 3. The zero-order chi connectivity index (χ0) is 25.0. The second-order valence-electron chi connectivity index (χ2n) is 9.48. The van der Waals surface area contributed by atoms with Gasteiger partial charge in [-0.15, -0.1) is 0 Å². The third-order valence-electron chi connectivity index (χ3n) is 6.72. The molecule has 4 rings (SSSR count). The predicted molar refractivity (Wildman–Crippen MR) is 142 cm³/mol. The van der Waals surface area contributed by atoms with Crippen molar-refractivity contribution in [1.29, 1.82) is 0 Å². The maximum atomic E-state index is 13.0. The van der Waals surface area contributed by atoms with E-state index in [0.29, 0.717) is 11.3 Å². The molecule has 0 spiro atoms. The van der Waals surface area contributed by atoms with Crippen LogP contribution in [0.3, 0.4) is 0 Å². The quantitative estimate of drug-likeness (QED) is 0.439. The maximum Gasteiger partial charge on any atom is 0.251 e. The number of fused-ring (bicyclic) bond motifs is 1. The SMILES string of the molecule is CC[C@H](NC(=O)c1ccc(CN(c2cccc(C)c2)S(C)(=O)=O)cc1)c1ccc2c(c1)CCCC2. The first-order valence-electron chi connectivity index (χ1n) is 12.3. The highest BCUT2D eigenvalue weighted by Crippen LogP contribution is 2.27. The monoisotopic (exact) mass is 490 g/mol. The number of carbonyl (C=O) groups excluding carboxylic acids is 1. The first kappa shape index (κ1) is 25.0. The van der Waals surface area contributed by atoms with Gasteiger partial charge in [0.1, 0.15) is 0 Å². The molecule has 0 aliphatic heterocycles. The minimum atomic E-state index is -3.46. The van der Waals surface area contributed by atoms with Gasteiger partial charge in [0.2, 0.25) is 10.0 Å². The Kier molecular flexibility index (Phi) is 7.60. The summed E-state index contributed by atoms with van der Waals surface area (Å²) in [4.78, 5) is 13.0. The van der Waals surface area contributed by atoms with Crippen molar-refractivity contribution >= 4 is 21.6 Å². The molecule has 1 atom stereocenters. The van der Waals surface area contributed by atoms with Crippen LogP contribution in [0.4, 0.5) is 5.69 Å². The summed E-state index contributed by atoms with van der Waals surface area (Å²) in [6.45, 7) is 4.22. The van der Waals surface area contributed by atoms with E-state index in [0.717, 1.165) is 36.0 Å². The number of amides is 1. The summed E-state index contributed by atoms with van der Waals surface area (Å²) in [5.41, 5.74) is 7.00. The first-order valence-corrected chi connectivity index (χ1v) is 14.2. The summed E-state index contributed by atoms with van der Waals surface area (Å²) in [7, 11) is -3.46. The molecule has 35 heavy (non-hydrogen) atoms. The summed E-state index contributed by atoms with van der Waals surface area (Å²) in [6, 6.07) is 21.2. The lowest BCUT2D eigenvalue weighted by Crippen LogP contribution is -2.30. The Morgan fingerprint density at radius 1 is 0.971 bits per heavy atom. The van der Waals surface area contributed by atoms with Crippen LogP contribution in [-0.4, -0.2) is 20.6 Å². The molecule has 3 aromatic carbocycles. The fraction of sp³-hybridized carbons (Fsp3) is 0.345. The average Bonchev–Trinajstić information content (AvgIpc) is 2.85. The molecule has 1 amide bonds. The van der Waals surface area contributed by atoms with E-state index >= 15 is 0 Å². The fourth-order valence-electron chi connectivity index (χ4n) is 4.74. The highest BCUT2D eigenvalue weighted by atomic mass is 32.2. The molecule has 0 radical (unpaired) electrons. The molecular weight excluding hydrogens is 456 g/mol. The molecule has 0 saturated carbocycles. The molecule has 0 unspecified atom stereocenters. The van der Waals surface area contributed by atoms with Crippen LogP contribution in [0.5, 0.6) is 0 Å². The van der Waals surface area contributed by atoms with E-state index in [-0.39, 0.29) is 18.5 Å². The van der Waals surface area contributed by atoms with E-state index in [9.17, 15) is 13.2 Å². The van der Waals surface area contributed by atoms with Crippen molar-refractivity contribution in [1.82, 2.24) is 5.32 Å². The molecular formula is C29H34N2O3S. The number of benzene rings is 3. The summed E-state index contributed by atoms with van der Waals surface area (Å²) in [5.74, 6) is -0.125. The second-order valence-corrected chi connectivity index (χ2v) is 11.4. The molecule has 1 aliphatic carbocycles. The zero-order valence-electron chi connectivity index (χ0n) is 20.8. The van der Waals surface area contributed by atoms with Gasteiger partial charge in [0, 0.05) is 5.56 Å². The van der Waals surface area contributed by atoms with Crippen LogP contribution in [0, 0.1) is 6.92 Å². The third-order valence-corrected chi connectivity index (χ3v) is 7.86. The van der Waals surface area contributed by atoms with Crippen molar-refractivity contribution in [3.8, 4) is 0 Å². The van der Waals surface area contributed by atoms with Crippen LogP contribution in [0.2, 0.25) is 0 Å². The molecule has 5 nitrogen and oxygen atoms in total. The van der Waals surface area contributed by atoms with E-state index < -0.39 is 10.0 Å². The average molecular weight is 491 g/mol. The van der Waals surface area contributed by atoms with Crippen molar-refractivity contribution in [2.75, 3.05) is 10.6 Å². The lowest BCUT2D eigenvalue weighted by atomic mass is 9.88. The number of nitrogens with zero attached hydrogens (tertiary/aromatic N) is 1. The lowest BCUT2D eigenvalue weighted by Gasteiger charge is -2.23. The minimum absolute atomic E-state index is 0.0450. The largest absolute Gasteiger partial charge is 0.345 e. The smallest absolute Gasteiger partial charge is 0.251 e. The topological polar surface area (TPSA) is 66.5 Å². The van der Waals surface area contributed by atoms with Gasteiger partial charge in [-0.2, -0.15) is 0 Å². The number of sulfonamides is 1. The number of nitrogens with one attached hydrogen (secondary N) is 1. The van der Waals surface area contributed by atoms with Crippen LogP contribution in [0.1, 0.15) is 70.4 Å². The molecule has 1 N–H and O–H groups in total. The van der Waals surface area contributed by atoms with Crippen molar-refractivity contribution in [3.05, 3.63) is 100 Å². The van der Waals surface area contributed by atoms with E-state index in [1.807, 2.05) is 37.3 Å². The molecule has 0 heterocycles. The zero-order valence-corrected chi connectivity index (χ0v) is 21.6. The normalized spacial score (nSPS) is 14.1. The van der Waals surface area contributed by atoms with Gasteiger partial charge in [-0.3, -0.25) is 9.10 Å². The van der Waals surface area contributed by atoms with Crippen LogP contribution in [-0.2, 0) is 29.4 Å². The van der Waals surface area contributed by atoms with Gasteiger partial charge in [0.05, 0.1) is 24.5 Å². The lowest BCUT2D eigenvalue weighted by molar-refractivity contribution is 0.0935. The predicted octanol–water partition coefficient (Wildman–Crippen LogP) is 5.72. The summed E-state index contributed by atoms with van der Waals surface area (Å²) in [6.07, 6.45) is 6.76. The van der Waals surface area contributed by atoms with Crippen LogP contribution < -0.4 is 9.62 Å². The number of anilines is 1.